The van der Waals surface area contributed by atoms with Crippen LogP contribution in [0.15, 0.2) is 48.1 Å². The van der Waals surface area contributed by atoms with E-state index in [1.165, 1.54) is 43.9 Å². The minimum atomic E-state index is -1.09. The summed E-state index contributed by atoms with van der Waals surface area (Å²) in [6.45, 7) is 6.31. The zero-order valence-corrected chi connectivity index (χ0v) is 17.1. The van der Waals surface area contributed by atoms with Crippen molar-refractivity contribution in [3.8, 4) is 5.75 Å². The zero-order valence-electron chi connectivity index (χ0n) is 17.1. The first kappa shape index (κ1) is 23.5. The number of aromatic hydroxyl groups is 1. The molecule has 1 rings (SSSR count). The Balaban J connectivity index is 2.55. The van der Waals surface area contributed by atoms with Gasteiger partial charge in [-0.15, -0.1) is 0 Å². The molecule has 0 spiro atoms. The lowest BCUT2D eigenvalue weighted by Gasteiger charge is -2.13. The van der Waals surface area contributed by atoms with Crippen LogP contribution in [0.25, 0.3) is 0 Å². The summed E-state index contributed by atoms with van der Waals surface area (Å²) >= 11 is 0. The Morgan fingerprint density at radius 2 is 1.79 bits per heavy atom. The van der Waals surface area contributed by atoms with Gasteiger partial charge < -0.3 is 15.5 Å². The second-order valence-corrected chi connectivity index (χ2v) is 7.34. The van der Waals surface area contributed by atoms with Crippen LogP contribution in [0.5, 0.6) is 5.75 Å². The number of carboxylic acid groups (broad SMARTS) is 1. The second kappa shape index (κ2) is 12.8. The van der Waals surface area contributed by atoms with Gasteiger partial charge in [-0.1, -0.05) is 69.4 Å². The van der Waals surface area contributed by atoms with Crippen molar-refractivity contribution in [2.45, 2.75) is 65.3 Å². The van der Waals surface area contributed by atoms with E-state index >= 15 is 0 Å². The summed E-state index contributed by atoms with van der Waals surface area (Å²) in [5, 5.41) is 21.2. The lowest BCUT2D eigenvalue weighted by Crippen LogP contribution is -2.41. The molecule has 5 nitrogen and oxygen atoms in total. The van der Waals surface area contributed by atoms with Gasteiger partial charge in [0.15, 0.2) is 0 Å². The Hall–Kier alpha value is -2.56. The normalized spacial score (nSPS) is 14.0. The molecule has 0 bridgehead atoms. The van der Waals surface area contributed by atoms with E-state index in [4.69, 9.17) is 0 Å². The highest BCUT2D eigenvalue weighted by Crippen LogP contribution is 2.14. The summed E-state index contributed by atoms with van der Waals surface area (Å²) in [6, 6.07) is 5.24. The highest BCUT2D eigenvalue weighted by molar-refractivity contribution is 5.91. The van der Waals surface area contributed by atoms with Gasteiger partial charge in [0.05, 0.1) is 0 Å². The van der Waals surface area contributed by atoms with Gasteiger partial charge in [-0.25, -0.2) is 4.79 Å². The number of phenols is 1. The first-order valence-electron chi connectivity index (χ1n) is 9.99. The lowest BCUT2D eigenvalue weighted by atomic mass is 10.00. The molecule has 154 valence electrons. The Morgan fingerprint density at radius 1 is 1.11 bits per heavy atom. The van der Waals surface area contributed by atoms with Gasteiger partial charge in [0.25, 0.3) is 0 Å². The third-order valence-corrected chi connectivity index (χ3v) is 4.55. The number of rotatable bonds is 12. The molecule has 1 aromatic carbocycles. The lowest BCUT2D eigenvalue weighted by molar-refractivity contribution is -0.141. The van der Waals surface area contributed by atoms with Crippen LogP contribution in [0, 0.1) is 5.92 Å². The van der Waals surface area contributed by atoms with Crippen LogP contribution in [0.2, 0.25) is 0 Å². The van der Waals surface area contributed by atoms with E-state index in [0.29, 0.717) is 5.92 Å². The molecule has 0 heterocycles. The van der Waals surface area contributed by atoms with Crippen molar-refractivity contribution in [3.05, 3.63) is 53.6 Å². The summed E-state index contributed by atoms with van der Waals surface area (Å²) in [5.74, 6) is -0.965. The number of nitrogens with one attached hydrogen (secondary N) is 1. The number of phenolic OH excluding ortho intramolecular Hbond substituents is 1. The number of carbonyl (C=O) groups is 2. The average molecular weight is 388 g/mol. The largest absolute Gasteiger partial charge is 0.508 e. The number of carbonyl (C=O) groups excluding carboxylic acids is 1. The molecule has 28 heavy (non-hydrogen) atoms. The molecule has 2 atom stereocenters. The predicted molar refractivity (Wildman–Crippen MR) is 112 cm³/mol. The van der Waals surface area contributed by atoms with E-state index in [-0.39, 0.29) is 12.2 Å². The van der Waals surface area contributed by atoms with Gasteiger partial charge in [0.2, 0.25) is 5.91 Å². The maximum absolute atomic E-state index is 12.1. The molecule has 0 aliphatic rings. The van der Waals surface area contributed by atoms with E-state index in [1.807, 2.05) is 6.92 Å². The highest BCUT2D eigenvalue weighted by atomic mass is 16.4. The SMILES string of the molecule is CCCCCC[C@@H](C)/C=C(C)/C=C/C(=O)NC(Cc1ccc(O)cc1)C(=O)O. The minimum Gasteiger partial charge on any atom is -0.508 e. The zero-order chi connectivity index (χ0) is 20.9. The molecule has 0 saturated carbocycles. The van der Waals surface area contributed by atoms with E-state index in [9.17, 15) is 19.8 Å². The fourth-order valence-electron chi connectivity index (χ4n) is 2.98. The van der Waals surface area contributed by atoms with Crippen molar-refractivity contribution in [3.63, 3.8) is 0 Å². The van der Waals surface area contributed by atoms with E-state index in [2.05, 4.69) is 25.2 Å². The molecule has 5 heteroatoms. The van der Waals surface area contributed by atoms with Crippen LogP contribution >= 0.6 is 0 Å². The van der Waals surface area contributed by atoms with Crippen molar-refractivity contribution in [2.24, 2.45) is 5.92 Å². The Kier molecular flexibility index (Phi) is 10.7. The van der Waals surface area contributed by atoms with Gasteiger partial charge in [-0.3, -0.25) is 4.79 Å². The van der Waals surface area contributed by atoms with Crippen LogP contribution in [0.3, 0.4) is 0 Å². The molecule has 0 radical (unpaired) electrons. The van der Waals surface area contributed by atoms with Gasteiger partial charge >= 0.3 is 5.97 Å². The van der Waals surface area contributed by atoms with Crippen molar-refractivity contribution in [2.75, 3.05) is 0 Å². The van der Waals surface area contributed by atoms with Crippen LogP contribution in [0.1, 0.15) is 58.4 Å². The molecule has 0 saturated heterocycles. The molecule has 0 aliphatic carbocycles. The molecule has 0 aromatic heterocycles. The monoisotopic (exact) mass is 387 g/mol. The van der Waals surface area contributed by atoms with Crippen molar-refractivity contribution < 1.29 is 19.8 Å². The number of carboxylic acids is 1. The van der Waals surface area contributed by atoms with E-state index < -0.39 is 17.9 Å². The maximum Gasteiger partial charge on any atom is 0.326 e. The molecule has 0 aliphatic heterocycles. The molecular formula is C23H33NO4. The summed E-state index contributed by atoms with van der Waals surface area (Å²) in [7, 11) is 0. The fraction of sp³-hybridized carbons (Fsp3) is 0.478. The first-order chi connectivity index (χ1) is 13.3. The first-order valence-corrected chi connectivity index (χ1v) is 9.99. The predicted octanol–water partition coefficient (Wildman–Crippen LogP) is 4.61. The van der Waals surface area contributed by atoms with Crippen LogP contribution in [-0.4, -0.2) is 28.1 Å². The Labute approximate surface area is 168 Å². The topological polar surface area (TPSA) is 86.6 Å². The van der Waals surface area contributed by atoms with Crippen molar-refractivity contribution in [1.29, 1.82) is 0 Å². The number of amides is 1. The molecule has 0 fully saturated rings. The molecule has 1 unspecified atom stereocenters. The number of hydrogen-bond acceptors (Lipinski definition) is 3. The van der Waals surface area contributed by atoms with Crippen molar-refractivity contribution in [1.82, 2.24) is 5.32 Å². The number of unbranched alkanes of at least 4 members (excludes halogenated alkanes) is 3. The summed E-state index contributed by atoms with van der Waals surface area (Å²) in [5.41, 5.74) is 1.71. The second-order valence-electron chi connectivity index (χ2n) is 7.34. The average Bonchev–Trinajstić information content (AvgIpc) is 2.64. The standard InChI is InChI=1S/C23H33NO4/c1-4-5-6-7-8-17(2)15-18(3)9-14-22(26)24-21(23(27)28)16-19-10-12-20(25)13-11-19/h9-15,17,21,25H,4-8,16H2,1-3H3,(H,24,26)(H,27,28)/b14-9+,18-15+/t17-,21?/m1/s1. The van der Waals surface area contributed by atoms with Crippen LogP contribution in [-0.2, 0) is 16.0 Å². The fourth-order valence-corrected chi connectivity index (χ4v) is 2.98. The van der Waals surface area contributed by atoms with E-state index in [1.54, 1.807) is 18.2 Å². The van der Waals surface area contributed by atoms with E-state index in [0.717, 1.165) is 17.6 Å². The van der Waals surface area contributed by atoms with Gasteiger partial charge in [-0.2, -0.15) is 0 Å². The smallest absolute Gasteiger partial charge is 0.326 e. The van der Waals surface area contributed by atoms with Gasteiger partial charge in [-0.05, 0) is 37.0 Å². The number of benzene rings is 1. The molecule has 1 amide bonds. The summed E-state index contributed by atoms with van der Waals surface area (Å²) in [6.07, 6.45) is 11.5. The summed E-state index contributed by atoms with van der Waals surface area (Å²) < 4.78 is 0. The van der Waals surface area contributed by atoms with Gasteiger partial charge in [0.1, 0.15) is 11.8 Å². The highest BCUT2D eigenvalue weighted by Gasteiger charge is 2.19. The summed E-state index contributed by atoms with van der Waals surface area (Å²) in [4.78, 5) is 23.5. The third kappa shape index (κ3) is 9.95. The van der Waals surface area contributed by atoms with Crippen LogP contribution < -0.4 is 5.32 Å². The van der Waals surface area contributed by atoms with Crippen molar-refractivity contribution >= 4 is 11.9 Å². The quantitative estimate of drug-likeness (QED) is 0.278. The third-order valence-electron chi connectivity index (χ3n) is 4.55. The minimum absolute atomic E-state index is 0.115. The van der Waals surface area contributed by atoms with Crippen LogP contribution in [0.4, 0.5) is 0 Å². The Morgan fingerprint density at radius 3 is 2.39 bits per heavy atom. The Bertz CT molecular complexity index is 676. The molecule has 3 N–H and O–H groups in total. The maximum atomic E-state index is 12.1. The molecule has 1 aromatic rings. The number of aliphatic carboxylic acids is 1. The molecular weight excluding hydrogens is 354 g/mol. The van der Waals surface area contributed by atoms with Gasteiger partial charge in [0, 0.05) is 12.5 Å². The number of allylic oxidation sites excluding steroid dienone is 3. The number of hydrogen-bond donors (Lipinski definition) is 3.